The molecule has 0 spiro atoms. The Labute approximate surface area is 151 Å². The summed E-state index contributed by atoms with van der Waals surface area (Å²) < 4.78 is 38.7. The number of alkyl halides is 3. The molecule has 24 heavy (non-hydrogen) atoms. The van der Waals surface area contributed by atoms with E-state index < -0.39 is 35.4 Å². The molecule has 0 aliphatic carbocycles. The highest BCUT2D eigenvalue weighted by Crippen LogP contribution is 2.36. The van der Waals surface area contributed by atoms with E-state index in [0.717, 1.165) is 3.57 Å². The summed E-state index contributed by atoms with van der Waals surface area (Å²) in [6.07, 6.45) is -6.63. The number of halogens is 4. The Morgan fingerprint density at radius 1 is 1.38 bits per heavy atom. The second kappa shape index (κ2) is 6.93. The van der Waals surface area contributed by atoms with Gasteiger partial charge in [-0.25, -0.2) is 9.78 Å². The van der Waals surface area contributed by atoms with Crippen molar-refractivity contribution in [1.82, 2.24) is 4.98 Å². The van der Waals surface area contributed by atoms with Crippen molar-refractivity contribution < 1.29 is 27.9 Å². The lowest BCUT2D eigenvalue weighted by Crippen LogP contribution is -2.38. The van der Waals surface area contributed by atoms with Crippen molar-refractivity contribution in [2.24, 2.45) is 5.73 Å². The van der Waals surface area contributed by atoms with E-state index in [1.54, 1.807) is 24.3 Å². The maximum atomic E-state index is 12.6. The Kier molecular flexibility index (Phi) is 5.32. The second-order valence-corrected chi connectivity index (χ2v) is 6.75. The van der Waals surface area contributed by atoms with Crippen molar-refractivity contribution in [2.75, 3.05) is 11.4 Å². The first kappa shape index (κ1) is 18.4. The number of carbonyl (C=O) groups excluding carboxylic acids is 1. The van der Waals surface area contributed by atoms with Crippen molar-refractivity contribution in [2.45, 2.75) is 6.18 Å². The number of nitrogens with zero attached hydrogens (tertiary/aromatic N) is 2. The first-order valence-corrected chi connectivity index (χ1v) is 8.12. The third kappa shape index (κ3) is 4.35. The van der Waals surface area contributed by atoms with E-state index in [2.05, 4.69) is 4.98 Å². The fourth-order valence-corrected chi connectivity index (χ4v) is 3.41. The number of rotatable bonds is 4. The Balaban J connectivity index is 2.55. The first-order valence-electron chi connectivity index (χ1n) is 6.22. The van der Waals surface area contributed by atoms with Gasteiger partial charge in [0.25, 0.3) is 5.91 Å². The van der Waals surface area contributed by atoms with E-state index in [4.69, 9.17) is 10.8 Å². The molecule has 2 aromatic rings. The highest BCUT2D eigenvalue weighted by molar-refractivity contribution is 14.1. The van der Waals surface area contributed by atoms with Gasteiger partial charge in [-0.2, -0.15) is 13.2 Å². The van der Waals surface area contributed by atoms with E-state index >= 15 is 0 Å². The number of thiazole rings is 1. The van der Waals surface area contributed by atoms with Gasteiger partial charge in [-0.15, -0.1) is 0 Å². The highest BCUT2D eigenvalue weighted by Gasteiger charge is 2.37. The van der Waals surface area contributed by atoms with Gasteiger partial charge in [0.15, 0.2) is 5.69 Å². The lowest BCUT2D eigenvalue weighted by atomic mass is 10.2. The van der Waals surface area contributed by atoms with Gasteiger partial charge in [-0.1, -0.05) is 23.5 Å². The molecule has 0 unspecified atom stereocenters. The van der Waals surface area contributed by atoms with E-state index in [9.17, 15) is 22.8 Å². The number of hydrogen-bond donors (Lipinski definition) is 2. The number of hydrogen-bond acceptors (Lipinski definition) is 4. The Morgan fingerprint density at radius 2 is 2.04 bits per heavy atom. The molecule has 0 aliphatic heterocycles. The second-order valence-electron chi connectivity index (χ2n) is 4.53. The fourth-order valence-electron chi connectivity index (χ4n) is 1.81. The first-order chi connectivity index (χ1) is 11.1. The molecule has 0 saturated heterocycles. The van der Waals surface area contributed by atoms with Gasteiger partial charge in [-0.3, -0.25) is 9.69 Å². The third-order valence-corrected chi connectivity index (χ3v) is 4.53. The minimum atomic E-state index is -4.78. The van der Waals surface area contributed by atoms with Gasteiger partial charge >= 0.3 is 12.3 Å². The number of carbonyl (C=O) groups is 2. The van der Waals surface area contributed by atoms with Crippen LogP contribution in [0, 0.1) is 3.57 Å². The van der Waals surface area contributed by atoms with Crippen LogP contribution in [0.2, 0.25) is 0 Å². The third-order valence-electron chi connectivity index (χ3n) is 2.73. The molecule has 2 amide bonds. The van der Waals surface area contributed by atoms with Crippen LogP contribution in [0.4, 0.5) is 23.0 Å². The average Bonchev–Trinajstić information content (AvgIpc) is 2.88. The molecule has 1 heterocycles. The maximum absolute atomic E-state index is 12.6. The minimum absolute atomic E-state index is 0.0230. The summed E-state index contributed by atoms with van der Waals surface area (Å²) >= 11 is 2.69. The van der Waals surface area contributed by atoms with E-state index in [-0.39, 0.29) is 9.91 Å². The number of anilines is 1. The van der Waals surface area contributed by atoms with Crippen molar-refractivity contribution in [3.8, 4) is 10.6 Å². The molecular weight excluding hydrogens is 462 g/mol. The molecule has 3 N–H and O–H groups in total. The lowest BCUT2D eigenvalue weighted by Gasteiger charge is -2.19. The summed E-state index contributed by atoms with van der Waals surface area (Å²) in [5.74, 6) is -1.11. The smallest absolute Gasteiger partial charge is 0.412 e. The summed E-state index contributed by atoms with van der Waals surface area (Å²) in [6.45, 7) is -1.77. The number of amides is 2. The zero-order chi connectivity index (χ0) is 18.1. The van der Waals surface area contributed by atoms with Crippen LogP contribution >= 0.6 is 33.9 Å². The largest absolute Gasteiger partial charge is 0.465 e. The van der Waals surface area contributed by atoms with E-state index in [0.29, 0.717) is 16.9 Å². The van der Waals surface area contributed by atoms with Crippen molar-refractivity contribution in [3.05, 3.63) is 33.5 Å². The molecule has 0 radical (unpaired) electrons. The Hall–Kier alpha value is -1.89. The number of primary amides is 1. The minimum Gasteiger partial charge on any atom is -0.465 e. The van der Waals surface area contributed by atoms with Gasteiger partial charge in [0.05, 0.1) is 0 Å². The number of aromatic nitrogens is 1. The van der Waals surface area contributed by atoms with Crippen LogP contribution in [-0.4, -0.2) is 34.8 Å². The van der Waals surface area contributed by atoms with Gasteiger partial charge in [0.2, 0.25) is 0 Å². The van der Waals surface area contributed by atoms with Gasteiger partial charge in [0.1, 0.15) is 16.6 Å². The highest BCUT2D eigenvalue weighted by atomic mass is 127. The molecule has 128 valence electrons. The van der Waals surface area contributed by atoms with Crippen LogP contribution in [0.1, 0.15) is 10.5 Å². The lowest BCUT2D eigenvalue weighted by molar-refractivity contribution is -0.118. The molecule has 2 rings (SSSR count). The molecular formula is C13H9F3IN3O3S. The summed E-state index contributed by atoms with van der Waals surface area (Å²) in [4.78, 5) is 26.6. The maximum Gasteiger partial charge on any atom is 0.412 e. The standard InChI is InChI=1S/C13H9F3IN3O3S/c14-13(15,16)5-20(12(22)23)11-8(9(18)21)19-10(24-11)6-2-1-3-7(17)4-6/h1-4H,5H2,(H2,18,21)(H,22,23). The van der Waals surface area contributed by atoms with E-state index in [1.165, 1.54) is 0 Å². The van der Waals surface area contributed by atoms with Crippen LogP contribution in [0.15, 0.2) is 24.3 Å². The molecule has 0 aliphatic rings. The number of carboxylic acid groups (broad SMARTS) is 1. The van der Waals surface area contributed by atoms with E-state index in [1.807, 2.05) is 22.6 Å². The average molecular weight is 471 g/mol. The predicted molar refractivity (Wildman–Crippen MR) is 90.2 cm³/mol. The van der Waals surface area contributed by atoms with Crippen LogP contribution in [0.25, 0.3) is 10.6 Å². The Morgan fingerprint density at radius 3 is 2.54 bits per heavy atom. The Bertz CT molecular complexity index is 794. The summed E-state index contributed by atoms with van der Waals surface area (Å²) in [7, 11) is 0. The summed E-state index contributed by atoms with van der Waals surface area (Å²) in [5, 5.41) is 8.81. The molecule has 6 nitrogen and oxygen atoms in total. The molecule has 0 fully saturated rings. The monoisotopic (exact) mass is 471 g/mol. The van der Waals surface area contributed by atoms with Crippen LogP contribution < -0.4 is 10.6 Å². The van der Waals surface area contributed by atoms with Crippen molar-refractivity contribution >= 4 is 50.9 Å². The topological polar surface area (TPSA) is 96.5 Å². The molecule has 0 atom stereocenters. The zero-order valence-corrected chi connectivity index (χ0v) is 14.6. The van der Waals surface area contributed by atoms with Crippen molar-refractivity contribution in [3.63, 3.8) is 0 Å². The zero-order valence-electron chi connectivity index (χ0n) is 11.7. The quantitative estimate of drug-likeness (QED) is 0.667. The molecule has 1 aromatic heterocycles. The van der Waals surface area contributed by atoms with Gasteiger partial charge < -0.3 is 10.8 Å². The number of benzene rings is 1. The molecule has 11 heteroatoms. The van der Waals surface area contributed by atoms with Crippen LogP contribution in [0.5, 0.6) is 0 Å². The van der Waals surface area contributed by atoms with Crippen LogP contribution in [-0.2, 0) is 0 Å². The predicted octanol–water partition coefficient (Wildman–Crippen LogP) is 3.56. The summed E-state index contributed by atoms with van der Waals surface area (Å²) in [6, 6.07) is 6.83. The number of nitrogens with two attached hydrogens (primary N) is 1. The van der Waals surface area contributed by atoms with Crippen molar-refractivity contribution in [1.29, 1.82) is 0 Å². The van der Waals surface area contributed by atoms with Gasteiger partial charge in [0, 0.05) is 9.13 Å². The molecule has 0 saturated carbocycles. The van der Waals surface area contributed by atoms with Crippen LogP contribution in [0.3, 0.4) is 0 Å². The fraction of sp³-hybridized carbons (Fsp3) is 0.154. The SMILES string of the molecule is NC(=O)c1nc(-c2cccc(I)c2)sc1N(CC(F)(F)F)C(=O)O. The van der Waals surface area contributed by atoms with Gasteiger partial charge in [-0.05, 0) is 34.7 Å². The molecule has 1 aromatic carbocycles. The summed E-state index contributed by atoms with van der Waals surface area (Å²) in [5.41, 5.74) is 5.17. The molecule has 0 bridgehead atoms. The normalized spacial score (nSPS) is 11.3.